The van der Waals surface area contributed by atoms with Crippen molar-refractivity contribution in [1.82, 2.24) is 9.97 Å². The van der Waals surface area contributed by atoms with Gasteiger partial charge in [-0.1, -0.05) is 12.8 Å². The molecule has 5 nitrogen and oxygen atoms in total. The van der Waals surface area contributed by atoms with Crippen molar-refractivity contribution in [3.05, 3.63) is 11.9 Å². The summed E-state index contributed by atoms with van der Waals surface area (Å²) in [5.74, 6) is 4.69. The molecular weight excluding hydrogens is 271 g/mol. The standard InChI is InChI=1S/C12H18F3N5/c1-20(7-8-4-2-3-5-8)10-6-9(19-16)17-11(18-10)12(13,14)15/h6,8H,2-5,7,16H2,1H3,(H,17,18,19). The van der Waals surface area contributed by atoms with E-state index in [9.17, 15) is 13.2 Å². The Hall–Kier alpha value is -1.57. The molecule has 1 aliphatic rings. The zero-order valence-electron chi connectivity index (χ0n) is 11.2. The summed E-state index contributed by atoms with van der Waals surface area (Å²) < 4.78 is 38.2. The fourth-order valence-electron chi connectivity index (χ4n) is 2.50. The van der Waals surface area contributed by atoms with Crippen molar-refractivity contribution in [3.8, 4) is 0 Å². The summed E-state index contributed by atoms with van der Waals surface area (Å²) in [5.41, 5.74) is 2.15. The molecule has 0 saturated heterocycles. The number of nitrogens with two attached hydrogens (primary N) is 1. The quantitative estimate of drug-likeness (QED) is 0.658. The molecule has 1 fully saturated rings. The first-order valence-corrected chi connectivity index (χ1v) is 6.54. The predicted molar refractivity (Wildman–Crippen MR) is 70.1 cm³/mol. The Labute approximate surface area is 115 Å². The second-order valence-corrected chi connectivity index (χ2v) is 5.11. The molecule has 0 atom stereocenters. The maximum Gasteiger partial charge on any atom is 0.451 e. The van der Waals surface area contributed by atoms with Gasteiger partial charge in [0.1, 0.15) is 11.6 Å². The topological polar surface area (TPSA) is 67.1 Å². The highest BCUT2D eigenvalue weighted by Crippen LogP contribution is 2.30. The van der Waals surface area contributed by atoms with Crippen LogP contribution >= 0.6 is 0 Å². The number of nitrogens with one attached hydrogen (secondary N) is 1. The fourth-order valence-corrected chi connectivity index (χ4v) is 2.50. The summed E-state index contributed by atoms with van der Waals surface area (Å²) >= 11 is 0. The lowest BCUT2D eigenvalue weighted by Gasteiger charge is -2.23. The van der Waals surface area contributed by atoms with Crippen molar-refractivity contribution < 1.29 is 13.2 Å². The molecule has 1 aromatic rings. The van der Waals surface area contributed by atoms with Gasteiger partial charge in [0.25, 0.3) is 0 Å². The van der Waals surface area contributed by atoms with Crippen molar-refractivity contribution in [2.24, 2.45) is 11.8 Å². The third kappa shape index (κ3) is 3.50. The molecule has 1 aliphatic carbocycles. The van der Waals surface area contributed by atoms with Crippen LogP contribution in [0.4, 0.5) is 24.8 Å². The van der Waals surface area contributed by atoms with Gasteiger partial charge in [-0.2, -0.15) is 13.2 Å². The van der Waals surface area contributed by atoms with E-state index in [1.807, 2.05) is 0 Å². The van der Waals surface area contributed by atoms with Gasteiger partial charge in [0.2, 0.25) is 5.82 Å². The number of hydrogen-bond acceptors (Lipinski definition) is 5. The molecule has 0 aromatic carbocycles. The van der Waals surface area contributed by atoms with Crippen LogP contribution in [0.25, 0.3) is 0 Å². The third-order valence-electron chi connectivity index (χ3n) is 3.51. The van der Waals surface area contributed by atoms with E-state index >= 15 is 0 Å². The van der Waals surface area contributed by atoms with Gasteiger partial charge >= 0.3 is 6.18 Å². The summed E-state index contributed by atoms with van der Waals surface area (Å²) in [6, 6.07) is 1.42. The van der Waals surface area contributed by atoms with E-state index in [1.165, 1.54) is 18.9 Å². The lowest BCUT2D eigenvalue weighted by molar-refractivity contribution is -0.144. The Morgan fingerprint density at radius 2 is 2.00 bits per heavy atom. The maximum atomic E-state index is 12.7. The molecule has 0 aliphatic heterocycles. The Balaban J connectivity index is 2.20. The van der Waals surface area contributed by atoms with Gasteiger partial charge in [-0.25, -0.2) is 15.8 Å². The highest BCUT2D eigenvalue weighted by atomic mass is 19.4. The van der Waals surface area contributed by atoms with Crippen LogP contribution in [-0.4, -0.2) is 23.6 Å². The van der Waals surface area contributed by atoms with Crippen molar-refractivity contribution in [1.29, 1.82) is 0 Å². The second kappa shape index (κ2) is 5.82. The van der Waals surface area contributed by atoms with E-state index in [0.29, 0.717) is 12.5 Å². The minimum atomic E-state index is -4.59. The first-order valence-electron chi connectivity index (χ1n) is 6.54. The minimum Gasteiger partial charge on any atom is -0.359 e. The average Bonchev–Trinajstić information content (AvgIpc) is 2.90. The van der Waals surface area contributed by atoms with Crippen LogP contribution in [0.5, 0.6) is 0 Å². The summed E-state index contributed by atoms with van der Waals surface area (Å²) in [6.07, 6.45) is 0.0142. The maximum absolute atomic E-state index is 12.7. The molecular formula is C12H18F3N5. The Kier molecular flexibility index (Phi) is 4.32. The Morgan fingerprint density at radius 1 is 1.35 bits per heavy atom. The largest absolute Gasteiger partial charge is 0.451 e. The van der Waals surface area contributed by atoms with Crippen LogP contribution in [-0.2, 0) is 6.18 Å². The first kappa shape index (κ1) is 14.8. The van der Waals surface area contributed by atoms with Gasteiger partial charge in [-0.15, -0.1) is 0 Å². The molecule has 2 rings (SSSR count). The molecule has 3 N–H and O–H groups in total. The van der Waals surface area contributed by atoms with Crippen molar-refractivity contribution in [2.45, 2.75) is 31.9 Å². The molecule has 0 bridgehead atoms. The molecule has 1 saturated carbocycles. The van der Waals surface area contributed by atoms with Crippen LogP contribution in [0.3, 0.4) is 0 Å². The number of rotatable bonds is 4. The van der Waals surface area contributed by atoms with Crippen molar-refractivity contribution in [2.75, 3.05) is 23.9 Å². The minimum absolute atomic E-state index is 0.0411. The molecule has 20 heavy (non-hydrogen) atoms. The van der Waals surface area contributed by atoms with Gasteiger partial charge in [-0.3, -0.25) is 0 Å². The van der Waals surface area contributed by atoms with Crippen molar-refractivity contribution >= 4 is 11.6 Å². The van der Waals surface area contributed by atoms with Crippen LogP contribution in [0.2, 0.25) is 0 Å². The number of hydrogen-bond donors (Lipinski definition) is 2. The monoisotopic (exact) mass is 289 g/mol. The van der Waals surface area contributed by atoms with Gasteiger partial charge in [0, 0.05) is 19.7 Å². The number of halogens is 3. The number of anilines is 2. The smallest absolute Gasteiger partial charge is 0.359 e. The van der Waals surface area contributed by atoms with Crippen LogP contribution in [0.15, 0.2) is 6.07 Å². The van der Waals surface area contributed by atoms with E-state index in [2.05, 4.69) is 15.4 Å². The third-order valence-corrected chi connectivity index (χ3v) is 3.51. The molecule has 1 aromatic heterocycles. The summed E-state index contributed by atoms with van der Waals surface area (Å²) in [5, 5.41) is 0. The van der Waals surface area contributed by atoms with Gasteiger partial charge < -0.3 is 10.3 Å². The molecule has 0 spiro atoms. The highest BCUT2D eigenvalue weighted by Gasteiger charge is 2.35. The normalized spacial score (nSPS) is 16.4. The van der Waals surface area contributed by atoms with Gasteiger partial charge in [-0.05, 0) is 18.8 Å². The first-order chi connectivity index (χ1) is 9.40. The summed E-state index contributed by atoms with van der Waals surface area (Å²) in [4.78, 5) is 8.66. The Morgan fingerprint density at radius 3 is 2.55 bits per heavy atom. The molecule has 0 radical (unpaired) electrons. The molecule has 1 heterocycles. The number of aromatic nitrogens is 2. The lowest BCUT2D eigenvalue weighted by atomic mass is 10.1. The van der Waals surface area contributed by atoms with Crippen LogP contribution in [0, 0.1) is 5.92 Å². The van der Waals surface area contributed by atoms with E-state index in [4.69, 9.17) is 5.84 Å². The number of nitrogen functional groups attached to an aromatic ring is 1. The number of nitrogens with zero attached hydrogens (tertiary/aromatic N) is 3. The Bertz CT molecular complexity index is 457. The predicted octanol–water partition coefficient (Wildman–Crippen LogP) is 2.41. The number of hydrazine groups is 1. The fraction of sp³-hybridized carbons (Fsp3) is 0.667. The lowest BCUT2D eigenvalue weighted by Crippen LogP contribution is -2.27. The van der Waals surface area contributed by atoms with E-state index in [1.54, 1.807) is 11.9 Å². The summed E-state index contributed by atoms with van der Waals surface area (Å²) in [7, 11) is 1.74. The van der Waals surface area contributed by atoms with E-state index in [-0.39, 0.29) is 11.6 Å². The average molecular weight is 289 g/mol. The second-order valence-electron chi connectivity index (χ2n) is 5.11. The summed E-state index contributed by atoms with van der Waals surface area (Å²) in [6.45, 7) is 0.693. The number of alkyl halides is 3. The van der Waals surface area contributed by atoms with Gasteiger partial charge in [0.05, 0.1) is 0 Å². The van der Waals surface area contributed by atoms with Crippen LogP contribution in [0.1, 0.15) is 31.5 Å². The zero-order chi connectivity index (χ0) is 14.8. The van der Waals surface area contributed by atoms with E-state index in [0.717, 1.165) is 12.8 Å². The SMILES string of the molecule is CN(CC1CCCC1)c1cc(NN)nc(C(F)(F)F)n1. The van der Waals surface area contributed by atoms with E-state index < -0.39 is 12.0 Å². The van der Waals surface area contributed by atoms with Crippen LogP contribution < -0.4 is 16.2 Å². The molecule has 8 heteroatoms. The molecule has 0 unspecified atom stereocenters. The molecule has 0 amide bonds. The molecule has 112 valence electrons. The zero-order valence-corrected chi connectivity index (χ0v) is 11.2. The van der Waals surface area contributed by atoms with Gasteiger partial charge in [0.15, 0.2) is 0 Å². The van der Waals surface area contributed by atoms with Crippen molar-refractivity contribution in [3.63, 3.8) is 0 Å². The highest BCUT2D eigenvalue weighted by molar-refractivity contribution is 5.48.